The van der Waals surface area contributed by atoms with Crippen LogP contribution in [0.2, 0.25) is 0 Å². The summed E-state index contributed by atoms with van der Waals surface area (Å²) >= 11 is 0. The van der Waals surface area contributed by atoms with Crippen molar-refractivity contribution in [1.29, 1.82) is 0 Å². The van der Waals surface area contributed by atoms with Gasteiger partial charge in [-0.05, 0) is 26.0 Å². The summed E-state index contributed by atoms with van der Waals surface area (Å²) in [4.78, 5) is 33.8. The molecule has 1 aromatic heterocycles. The van der Waals surface area contributed by atoms with Gasteiger partial charge in [0.25, 0.3) is 11.6 Å². The van der Waals surface area contributed by atoms with E-state index in [1.807, 2.05) is 0 Å². The van der Waals surface area contributed by atoms with Gasteiger partial charge in [-0.2, -0.15) is 0 Å². The monoisotopic (exact) mass is 318 g/mol. The molecule has 8 heteroatoms. The zero-order valence-electron chi connectivity index (χ0n) is 12.5. The van der Waals surface area contributed by atoms with Gasteiger partial charge in [-0.1, -0.05) is 6.07 Å². The molecule has 2 aromatic rings. The van der Waals surface area contributed by atoms with E-state index in [1.165, 1.54) is 30.5 Å². The number of carbonyl (C=O) groups is 2. The van der Waals surface area contributed by atoms with Gasteiger partial charge >= 0.3 is 5.97 Å². The van der Waals surface area contributed by atoms with Gasteiger partial charge in [0, 0.05) is 17.3 Å². The molecule has 0 saturated carbocycles. The highest BCUT2D eigenvalue weighted by molar-refractivity contribution is 5.96. The molecule has 0 spiro atoms. The van der Waals surface area contributed by atoms with Crippen molar-refractivity contribution in [2.75, 3.05) is 11.9 Å². The number of esters is 1. The van der Waals surface area contributed by atoms with Gasteiger partial charge in [0.2, 0.25) is 0 Å². The van der Waals surface area contributed by atoms with E-state index in [0.717, 1.165) is 0 Å². The Hall–Kier alpha value is -3.16. The predicted molar refractivity (Wildman–Crippen MR) is 80.2 cm³/mol. The molecule has 0 aliphatic carbocycles. The minimum absolute atomic E-state index is 0.103. The second-order valence-electron chi connectivity index (χ2n) is 4.77. The largest absolute Gasteiger partial charge is 0.469 e. The lowest BCUT2D eigenvalue weighted by molar-refractivity contribution is -0.385. The lowest BCUT2D eigenvalue weighted by atomic mass is 10.2. The molecular weight excluding hydrogens is 304 g/mol. The summed E-state index contributed by atoms with van der Waals surface area (Å²) in [5.74, 6) is -0.886. The van der Waals surface area contributed by atoms with Gasteiger partial charge in [0.1, 0.15) is 11.3 Å². The minimum Gasteiger partial charge on any atom is -0.469 e. The van der Waals surface area contributed by atoms with Crippen LogP contribution < -0.4 is 5.32 Å². The third-order valence-corrected chi connectivity index (χ3v) is 3.10. The predicted octanol–water partition coefficient (Wildman–Crippen LogP) is 2.60. The Morgan fingerprint density at radius 2 is 2.04 bits per heavy atom. The molecule has 23 heavy (non-hydrogen) atoms. The second kappa shape index (κ2) is 6.73. The van der Waals surface area contributed by atoms with Crippen LogP contribution in [0.5, 0.6) is 0 Å². The molecule has 0 unspecified atom stereocenters. The molecule has 0 saturated heterocycles. The number of rotatable bonds is 5. The van der Waals surface area contributed by atoms with Crippen LogP contribution in [0.15, 0.2) is 34.9 Å². The molecule has 1 aromatic carbocycles. The van der Waals surface area contributed by atoms with Crippen molar-refractivity contribution in [3.05, 3.63) is 57.5 Å². The number of aryl methyl sites for hydroxylation is 2. The number of ether oxygens (including phenoxy) is 1. The normalized spacial score (nSPS) is 10.2. The first-order chi connectivity index (χ1) is 10.9. The highest BCUT2D eigenvalue weighted by Crippen LogP contribution is 2.22. The van der Waals surface area contributed by atoms with Gasteiger partial charge in [-0.3, -0.25) is 14.9 Å². The molecule has 0 bridgehead atoms. The summed E-state index contributed by atoms with van der Waals surface area (Å²) in [6.07, 6.45) is 1.34. The Morgan fingerprint density at radius 3 is 2.65 bits per heavy atom. The van der Waals surface area contributed by atoms with Crippen molar-refractivity contribution in [3.8, 4) is 0 Å². The molecule has 0 aliphatic heterocycles. The number of benzene rings is 1. The zero-order chi connectivity index (χ0) is 17.0. The minimum atomic E-state index is -0.679. The maximum absolute atomic E-state index is 11.8. The fourth-order valence-corrected chi connectivity index (χ4v) is 1.89. The smallest absolute Gasteiger partial charge is 0.342 e. The average Bonchev–Trinajstić information content (AvgIpc) is 2.92. The summed E-state index contributed by atoms with van der Waals surface area (Å²) in [6.45, 7) is 2.69. The highest BCUT2D eigenvalue weighted by atomic mass is 16.6. The number of furan rings is 1. The van der Waals surface area contributed by atoms with Crippen LogP contribution in [-0.4, -0.2) is 23.4 Å². The first-order valence-corrected chi connectivity index (χ1v) is 6.64. The SMILES string of the molecule is Cc1ccc(NC(=O)COC(=O)c2ccoc2C)cc1[N+](=O)[O-]. The summed E-state index contributed by atoms with van der Waals surface area (Å²) < 4.78 is 9.83. The van der Waals surface area contributed by atoms with Crippen LogP contribution in [0.25, 0.3) is 0 Å². The average molecular weight is 318 g/mol. The lowest BCUT2D eigenvalue weighted by Crippen LogP contribution is -2.21. The molecule has 0 aliphatic rings. The van der Waals surface area contributed by atoms with E-state index in [9.17, 15) is 19.7 Å². The van der Waals surface area contributed by atoms with E-state index in [2.05, 4.69) is 5.32 Å². The van der Waals surface area contributed by atoms with Crippen molar-refractivity contribution in [3.63, 3.8) is 0 Å². The van der Waals surface area contributed by atoms with Crippen LogP contribution >= 0.6 is 0 Å². The third kappa shape index (κ3) is 3.94. The van der Waals surface area contributed by atoms with E-state index in [1.54, 1.807) is 13.8 Å². The fraction of sp³-hybridized carbons (Fsp3) is 0.200. The molecule has 1 heterocycles. The van der Waals surface area contributed by atoms with E-state index < -0.39 is 23.4 Å². The van der Waals surface area contributed by atoms with Crippen molar-refractivity contribution in [1.82, 2.24) is 0 Å². The molecule has 0 atom stereocenters. The molecular formula is C15H14N2O6. The van der Waals surface area contributed by atoms with Gasteiger partial charge in [-0.25, -0.2) is 4.79 Å². The van der Waals surface area contributed by atoms with E-state index in [4.69, 9.17) is 9.15 Å². The van der Waals surface area contributed by atoms with Crippen LogP contribution in [0.4, 0.5) is 11.4 Å². The molecule has 2 rings (SSSR count). The summed E-state index contributed by atoms with van der Waals surface area (Å²) in [7, 11) is 0. The number of nitrogens with one attached hydrogen (secondary N) is 1. The number of hydrogen-bond donors (Lipinski definition) is 1. The summed E-state index contributed by atoms with van der Waals surface area (Å²) in [5, 5.41) is 13.3. The van der Waals surface area contributed by atoms with Gasteiger partial charge in [0.05, 0.1) is 11.2 Å². The third-order valence-electron chi connectivity index (χ3n) is 3.10. The number of nitro benzene ring substituents is 1. The summed E-state index contributed by atoms with van der Waals surface area (Å²) in [6, 6.07) is 5.74. The Kier molecular flexibility index (Phi) is 4.75. The van der Waals surface area contributed by atoms with Crippen molar-refractivity contribution in [2.24, 2.45) is 0 Å². The Labute approximate surface area is 131 Å². The Bertz CT molecular complexity index is 765. The number of carbonyl (C=O) groups excluding carboxylic acids is 2. The quantitative estimate of drug-likeness (QED) is 0.515. The van der Waals surface area contributed by atoms with E-state index in [0.29, 0.717) is 11.3 Å². The van der Waals surface area contributed by atoms with Gasteiger partial charge in [0.15, 0.2) is 6.61 Å². The second-order valence-corrected chi connectivity index (χ2v) is 4.77. The maximum atomic E-state index is 11.8. The fourth-order valence-electron chi connectivity index (χ4n) is 1.89. The lowest BCUT2D eigenvalue weighted by Gasteiger charge is -2.07. The van der Waals surface area contributed by atoms with Crippen LogP contribution in [0.3, 0.4) is 0 Å². The number of amides is 1. The highest BCUT2D eigenvalue weighted by Gasteiger charge is 2.16. The number of anilines is 1. The molecule has 0 fully saturated rings. The topological polar surface area (TPSA) is 112 Å². The Balaban J connectivity index is 1.95. The number of nitrogens with zero attached hydrogens (tertiary/aromatic N) is 1. The molecule has 8 nitrogen and oxygen atoms in total. The molecule has 120 valence electrons. The van der Waals surface area contributed by atoms with Crippen molar-refractivity contribution in [2.45, 2.75) is 13.8 Å². The molecule has 1 N–H and O–H groups in total. The summed E-state index contributed by atoms with van der Waals surface area (Å²) in [5.41, 5.74) is 0.871. The van der Waals surface area contributed by atoms with Crippen LogP contribution in [0, 0.1) is 24.0 Å². The van der Waals surface area contributed by atoms with Crippen molar-refractivity contribution < 1.29 is 23.7 Å². The Morgan fingerprint density at radius 1 is 1.30 bits per heavy atom. The van der Waals surface area contributed by atoms with Crippen LogP contribution in [0.1, 0.15) is 21.7 Å². The standard InChI is InChI=1S/C15H14N2O6/c1-9-3-4-11(7-13(9)17(20)21)16-14(18)8-23-15(19)12-5-6-22-10(12)2/h3-7H,8H2,1-2H3,(H,16,18). The first kappa shape index (κ1) is 16.2. The molecule has 1 amide bonds. The number of nitro groups is 1. The van der Waals surface area contributed by atoms with Crippen LogP contribution in [-0.2, 0) is 9.53 Å². The van der Waals surface area contributed by atoms with Crippen molar-refractivity contribution >= 4 is 23.3 Å². The van der Waals surface area contributed by atoms with E-state index in [-0.39, 0.29) is 16.9 Å². The van der Waals surface area contributed by atoms with Gasteiger partial charge < -0.3 is 14.5 Å². The van der Waals surface area contributed by atoms with E-state index >= 15 is 0 Å². The maximum Gasteiger partial charge on any atom is 0.342 e. The first-order valence-electron chi connectivity index (χ1n) is 6.64. The number of hydrogen-bond acceptors (Lipinski definition) is 6. The zero-order valence-corrected chi connectivity index (χ0v) is 12.5. The van der Waals surface area contributed by atoms with Gasteiger partial charge in [-0.15, -0.1) is 0 Å². The molecule has 0 radical (unpaired) electrons.